The lowest BCUT2D eigenvalue weighted by atomic mass is 10.1. The van der Waals surface area contributed by atoms with Crippen molar-refractivity contribution in [1.82, 2.24) is 0 Å². The van der Waals surface area contributed by atoms with Gasteiger partial charge in [0.05, 0.1) is 17.6 Å². The number of thioether (sulfide) groups is 1. The second-order valence-electron chi connectivity index (χ2n) is 3.44. The van der Waals surface area contributed by atoms with Crippen molar-refractivity contribution in [3.63, 3.8) is 0 Å². The number of methoxy groups -OCH3 is 1. The molecule has 1 heterocycles. The zero-order chi connectivity index (χ0) is 13.1. The van der Waals surface area contributed by atoms with Gasteiger partial charge in [-0.1, -0.05) is 12.1 Å². The van der Waals surface area contributed by atoms with E-state index in [4.69, 9.17) is 9.15 Å². The number of rotatable bonds is 4. The van der Waals surface area contributed by atoms with Crippen molar-refractivity contribution in [2.24, 2.45) is 5.18 Å². The smallest absolute Gasteiger partial charge is 0.293 e. The van der Waals surface area contributed by atoms with Crippen LogP contribution in [0.25, 0.3) is 11.1 Å². The molecule has 1 aromatic heterocycles. The highest BCUT2D eigenvalue weighted by Crippen LogP contribution is 2.46. The van der Waals surface area contributed by atoms with Gasteiger partial charge in [-0.3, -0.25) is 0 Å². The lowest BCUT2D eigenvalue weighted by Gasteiger charge is -2.03. The van der Waals surface area contributed by atoms with Gasteiger partial charge in [-0.05, 0) is 24.0 Å². The summed E-state index contributed by atoms with van der Waals surface area (Å²) in [6, 6.07) is 7.08. The number of ether oxygens (including phenoxy) is 1. The third kappa shape index (κ3) is 2.06. The van der Waals surface area contributed by atoms with Gasteiger partial charge in [0.15, 0.2) is 0 Å². The van der Waals surface area contributed by atoms with Gasteiger partial charge in [0.2, 0.25) is 0 Å². The minimum atomic E-state index is -0.306. The summed E-state index contributed by atoms with van der Waals surface area (Å²) in [5.41, 5.74) is 1.20. The van der Waals surface area contributed by atoms with Crippen LogP contribution >= 0.6 is 11.8 Å². The van der Waals surface area contributed by atoms with E-state index in [0.29, 0.717) is 16.2 Å². The Morgan fingerprint density at radius 2 is 2.00 bits per heavy atom. The average Bonchev–Trinajstić information content (AvgIpc) is 2.74. The minimum absolute atomic E-state index is 0.106. The first-order valence-corrected chi connectivity index (χ1v) is 6.31. The van der Waals surface area contributed by atoms with Gasteiger partial charge in [0.25, 0.3) is 11.8 Å². The summed E-state index contributed by atoms with van der Waals surface area (Å²) in [5, 5.41) is 12.5. The summed E-state index contributed by atoms with van der Waals surface area (Å²) < 4.78 is 9.98. The summed E-state index contributed by atoms with van der Waals surface area (Å²) >= 11 is 1.29. The average molecular weight is 265 g/mol. The number of hydrogen-bond donors (Lipinski definition) is 1. The molecule has 1 aromatic carbocycles. The van der Waals surface area contributed by atoms with E-state index in [-0.39, 0.29) is 11.8 Å². The van der Waals surface area contributed by atoms with Crippen LogP contribution in [-0.2, 0) is 0 Å². The van der Waals surface area contributed by atoms with Crippen molar-refractivity contribution in [3.8, 4) is 22.8 Å². The SMILES string of the molecule is COc1ccc(-c2c(O)oc(N=O)c2SC)cc1. The van der Waals surface area contributed by atoms with Crippen LogP contribution < -0.4 is 4.74 Å². The molecule has 0 saturated heterocycles. The van der Waals surface area contributed by atoms with E-state index in [1.807, 2.05) is 0 Å². The molecule has 1 N–H and O–H groups in total. The number of nitrogens with zero attached hydrogens (tertiary/aromatic N) is 1. The largest absolute Gasteiger partial charge is 0.497 e. The van der Waals surface area contributed by atoms with Crippen LogP contribution in [0.3, 0.4) is 0 Å². The summed E-state index contributed by atoms with van der Waals surface area (Å²) in [7, 11) is 1.58. The Morgan fingerprint density at radius 3 is 2.50 bits per heavy atom. The lowest BCUT2D eigenvalue weighted by molar-refractivity contribution is 0.338. The van der Waals surface area contributed by atoms with E-state index in [9.17, 15) is 10.0 Å². The normalized spacial score (nSPS) is 10.3. The van der Waals surface area contributed by atoms with E-state index < -0.39 is 0 Å². The molecule has 2 rings (SSSR count). The first-order valence-electron chi connectivity index (χ1n) is 5.08. The Morgan fingerprint density at radius 1 is 1.33 bits per heavy atom. The van der Waals surface area contributed by atoms with Gasteiger partial charge >= 0.3 is 0 Å². The zero-order valence-corrected chi connectivity index (χ0v) is 10.7. The molecule has 0 amide bonds. The van der Waals surface area contributed by atoms with E-state index >= 15 is 0 Å². The maximum atomic E-state index is 10.6. The van der Waals surface area contributed by atoms with Crippen LogP contribution in [0.1, 0.15) is 0 Å². The van der Waals surface area contributed by atoms with Crippen molar-refractivity contribution in [2.75, 3.05) is 13.4 Å². The monoisotopic (exact) mass is 265 g/mol. The van der Waals surface area contributed by atoms with Gasteiger partial charge in [-0.25, -0.2) is 0 Å². The van der Waals surface area contributed by atoms with Crippen LogP contribution in [0.15, 0.2) is 38.8 Å². The molecular formula is C12H11NO4S. The van der Waals surface area contributed by atoms with Crippen LogP contribution in [0.2, 0.25) is 0 Å². The fraction of sp³-hybridized carbons (Fsp3) is 0.167. The van der Waals surface area contributed by atoms with Crippen molar-refractivity contribution in [1.29, 1.82) is 0 Å². The molecule has 0 bridgehead atoms. The third-order valence-electron chi connectivity index (χ3n) is 2.49. The molecule has 0 atom stereocenters. The molecule has 18 heavy (non-hydrogen) atoms. The molecule has 94 valence electrons. The van der Waals surface area contributed by atoms with Gasteiger partial charge < -0.3 is 14.3 Å². The van der Waals surface area contributed by atoms with Crippen molar-refractivity contribution in [3.05, 3.63) is 29.2 Å². The molecule has 0 radical (unpaired) electrons. The Hall–Kier alpha value is -1.95. The minimum Gasteiger partial charge on any atom is -0.497 e. The molecule has 0 unspecified atom stereocenters. The molecule has 0 fully saturated rings. The van der Waals surface area contributed by atoms with Gasteiger partial charge in [-0.15, -0.1) is 16.7 Å². The van der Waals surface area contributed by atoms with Crippen molar-refractivity contribution in [2.45, 2.75) is 4.90 Å². The molecule has 5 nitrogen and oxygen atoms in total. The standard InChI is InChI=1S/C12H11NO4S/c1-16-8-5-3-7(4-6-8)9-10(18-2)11(13-15)17-12(9)14/h3-6,14H,1-2H3. The maximum absolute atomic E-state index is 10.6. The van der Waals surface area contributed by atoms with E-state index in [1.54, 1.807) is 37.6 Å². The Balaban J connectivity index is 2.55. The lowest BCUT2D eigenvalue weighted by Crippen LogP contribution is -1.83. The maximum Gasteiger partial charge on any atom is 0.293 e. The summed E-state index contributed by atoms with van der Waals surface area (Å²) in [4.78, 5) is 11.1. The molecule has 0 aliphatic heterocycles. The zero-order valence-electron chi connectivity index (χ0n) is 9.84. The molecule has 0 aliphatic rings. The predicted octanol–water partition coefficient (Wildman–Crippen LogP) is 3.78. The molecular weight excluding hydrogens is 254 g/mol. The second kappa shape index (κ2) is 5.14. The van der Waals surface area contributed by atoms with Crippen LogP contribution in [0.5, 0.6) is 11.7 Å². The Labute approximate surface area is 108 Å². The second-order valence-corrected chi connectivity index (χ2v) is 4.26. The Kier molecular flexibility index (Phi) is 3.57. The molecule has 0 saturated carbocycles. The number of hydrogen-bond acceptors (Lipinski definition) is 6. The van der Waals surface area contributed by atoms with E-state index in [0.717, 1.165) is 5.56 Å². The molecule has 2 aromatic rings. The quantitative estimate of drug-likeness (QED) is 0.672. The molecule has 0 aliphatic carbocycles. The third-order valence-corrected chi connectivity index (χ3v) is 3.28. The topological polar surface area (TPSA) is 72.0 Å². The number of furan rings is 1. The number of aromatic hydroxyl groups is 1. The van der Waals surface area contributed by atoms with Crippen molar-refractivity contribution < 1.29 is 14.3 Å². The number of nitroso groups, excluding NO2 is 1. The fourth-order valence-electron chi connectivity index (χ4n) is 1.65. The number of benzene rings is 1. The Bertz CT molecular complexity index is 562. The molecule has 6 heteroatoms. The van der Waals surface area contributed by atoms with Crippen LogP contribution in [0, 0.1) is 4.91 Å². The summed E-state index contributed by atoms with van der Waals surface area (Å²) in [6.45, 7) is 0. The fourth-order valence-corrected chi connectivity index (χ4v) is 2.32. The predicted molar refractivity (Wildman–Crippen MR) is 69.6 cm³/mol. The van der Waals surface area contributed by atoms with Crippen LogP contribution in [-0.4, -0.2) is 18.5 Å². The first-order chi connectivity index (χ1) is 8.71. The van der Waals surface area contributed by atoms with Gasteiger partial charge in [0, 0.05) is 5.18 Å². The molecule has 0 spiro atoms. The highest BCUT2D eigenvalue weighted by molar-refractivity contribution is 7.98. The van der Waals surface area contributed by atoms with Crippen molar-refractivity contribution >= 4 is 17.6 Å². The van der Waals surface area contributed by atoms with Crippen LogP contribution in [0.4, 0.5) is 5.88 Å². The van der Waals surface area contributed by atoms with E-state index in [1.165, 1.54) is 11.8 Å². The van der Waals surface area contributed by atoms with E-state index in [2.05, 4.69) is 5.18 Å². The highest BCUT2D eigenvalue weighted by atomic mass is 32.2. The van der Waals surface area contributed by atoms with Gasteiger partial charge in [-0.2, -0.15) is 0 Å². The summed E-state index contributed by atoms with van der Waals surface area (Å²) in [6.07, 6.45) is 1.78. The first kappa shape index (κ1) is 12.5. The van der Waals surface area contributed by atoms with Gasteiger partial charge in [0.1, 0.15) is 5.75 Å². The summed E-state index contributed by atoms with van der Waals surface area (Å²) in [5.74, 6) is 0.297. The highest BCUT2D eigenvalue weighted by Gasteiger charge is 2.21.